The number of terminal acetylenes is 1. The van der Waals surface area contributed by atoms with Crippen LogP contribution in [0.1, 0.15) is 22.4 Å². The first-order valence-corrected chi connectivity index (χ1v) is 12.4. The summed E-state index contributed by atoms with van der Waals surface area (Å²) in [6.07, 6.45) is 3.41. The average Bonchev–Trinajstić information content (AvgIpc) is 2.83. The summed E-state index contributed by atoms with van der Waals surface area (Å²) in [5.41, 5.74) is -1.65. The second-order valence-electron chi connectivity index (χ2n) is 7.69. The minimum Gasteiger partial charge on any atom is -0.435 e. The zero-order valence-corrected chi connectivity index (χ0v) is 20.3. The molecule has 0 fully saturated rings. The van der Waals surface area contributed by atoms with Crippen molar-refractivity contribution in [1.29, 1.82) is 0 Å². The van der Waals surface area contributed by atoms with Crippen molar-refractivity contribution >= 4 is 27.7 Å². The molecule has 0 atom stereocenters. The Morgan fingerprint density at radius 2 is 1.84 bits per heavy atom. The molecule has 0 radical (unpaired) electrons. The molecule has 0 aliphatic heterocycles. The number of amides is 1. The van der Waals surface area contributed by atoms with Crippen LogP contribution in [0.5, 0.6) is 11.6 Å². The standard InChI is InChI=1S/C25H18F5N3O4S/c1-3-16-12-15(13-19(27)23(16)33-38(2,35)36)14-31-22(34)11-9-17-8-10-21(25(28,29)30)32-24(17)37-20-7-5-4-6-18(20)26/h1,4-13,33H,14H2,2H3,(H,31,34)/b11-9-. The molecule has 0 saturated carbocycles. The molecule has 2 aromatic carbocycles. The van der Waals surface area contributed by atoms with E-state index in [0.29, 0.717) is 6.07 Å². The van der Waals surface area contributed by atoms with E-state index in [1.165, 1.54) is 24.3 Å². The van der Waals surface area contributed by atoms with Gasteiger partial charge in [0.2, 0.25) is 21.8 Å². The van der Waals surface area contributed by atoms with E-state index in [1.54, 1.807) is 0 Å². The number of halogens is 5. The molecule has 13 heteroatoms. The van der Waals surface area contributed by atoms with Gasteiger partial charge in [-0.15, -0.1) is 6.42 Å². The molecule has 0 unspecified atom stereocenters. The lowest BCUT2D eigenvalue weighted by Crippen LogP contribution is -2.20. The Balaban J connectivity index is 1.79. The Bertz CT molecular complexity index is 1550. The van der Waals surface area contributed by atoms with Crippen LogP contribution in [0.25, 0.3) is 6.08 Å². The molecule has 1 amide bonds. The van der Waals surface area contributed by atoms with Crippen LogP contribution in [-0.2, 0) is 27.5 Å². The molecule has 7 nitrogen and oxygen atoms in total. The van der Waals surface area contributed by atoms with Crippen molar-refractivity contribution in [3.8, 4) is 24.0 Å². The lowest BCUT2D eigenvalue weighted by molar-refractivity contribution is -0.141. The van der Waals surface area contributed by atoms with Gasteiger partial charge in [0.1, 0.15) is 11.5 Å². The predicted octanol–water partition coefficient (Wildman–Crippen LogP) is 4.85. The third-order valence-corrected chi connectivity index (χ3v) is 5.27. The topological polar surface area (TPSA) is 97.4 Å². The van der Waals surface area contributed by atoms with Gasteiger partial charge in [-0.25, -0.2) is 22.2 Å². The molecule has 0 spiro atoms. The van der Waals surface area contributed by atoms with Gasteiger partial charge >= 0.3 is 6.18 Å². The molecule has 1 aromatic heterocycles. The number of sulfonamides is 1. The quantitative estimate of drug-likeness (QED) is 0.237. The highest BCUT2D eigenvalue weighted by molar-refractivity contribution is 7.92. The highest BCUT2D eigenvalue weighted by Crippen LogP contribution is 2.33. The first-order chi connectivity index (χ1) is 17.8. The molecule has 0 bridgehead atoms. The van der Waals surface area contributed by atoms with Gasteiger partial charge in [-0.3, -0.25) is 9.52 Å². The molecule has 0 aliphatic carbocycles. The molecule has 38 heavy (non-hydrogen) atoms. The number of ether oxygens (including phenoxy) is 1. The molecule has 3 aromatic rings. The zero-order chi connectivity index (χ0) is 28.1. The molecule has 1 heterocycles. The summed E-state index contributed by atoms with van der Waals surface area (Å²) < 4.78 is 97.9. The van der Waals surface area contributed by atoms with E-state index in [-0.39, 0.29) is 29.0 Å². The Hall–Kier alpha value is -4.44. The molecule has 0 saturated heterocycles. The fourth-order valence-corrected chi connectivity index (χ4v) is 3.61. The Kier molecular flexibility index (Phi) is 8.37. The van der Waals surface area contributed by atoms with E-state index in [1.807, 2.05) is 4.72 Å². The molecule has 2 N–H and O–H groups in total. The number of alkyl halides is 3. The van der Waals surface area contributed by atoms with Crippen molar-refractivity contribution in [1.82, 2.24) is 10.3 Å². The highest BCUT2D eigenvalue weighted by atomic mass is 32.2. The van der Waals surface area contributed by atoms with Gasteiger partial charge < -0.3 is 10.1 Å². The Labute approximate surface area is 214 Å². The SMILES string of the molecule is C#Cc1cc(CNC(=O)/C=C\c2ccc(C(F)(F)F)nc2Oc2ccccc2F)cc(F)c1NS(C)(=O)=O. The van der Waals surface area contributed by atoms with Crippen molar-refractivity contribution in [2.24, 2.45) is 0 Å². The van der Waals surface area contributed by atoms with Gasteiger partial charge in [-0.05, 0) is 48.0 Å². The Morgan fingerprint density at radius 3 is 2.47 bits per heavy atom. The van der Waals surface area contributed by atoms with E-state index in [2.05, 4.69) is 16.2 Å². The maximum atomic E-state index is 14.4. The van der Waals surface area contributed by atoms with Crippen LogP contribution in [0.2, 0.25) is 0 Å². The average molecular weight is 551 g/mol. The van der Waals surface area contributed by atoms with Crippen molar-refractivity contribution in [2.45, 2.75) is 12.7 Å². The number of hydrogen-bond donors (Lipinski definition) is 2. The molecule has 0 aliphatic rings. The van der Waals surface area contributed by atoms with E-state index in [0.717, 1.165) is 36.6 Å². The number of para-hydroxylation sites is 1. The van der Waals surface area contributed by atoms with Gasteiger partial charge in [0.25, 0.3) is 0 Å². The monoisotopic (exact) mass is 551 g/mol. The van der Waals surface area contributed by atoms with Crippen LogP contribution >= 0.6 is 0 Å². The summed E-state index contributed by atoms with van der Waals surface area (Å²) >= 11 is 0. The van der Waals surface area contributed by atoms with Crippen LogP contribution < -0.4 is 14.8 Å². The summed E-state index contributed by atoms with van der Waals surface area (Å²) in [6.45, 7) is -0.224. The molecule has 198 valence electrons. The maximum Gasteiger partial charge on any atom is 0.433 e. The summed E-state index contributed by atoms with van der Waals surface area (Å²) in [6, 6.07) is 8.94. The summed E-state index contributed by atoms with van der Waals surface area (Å²) in [5, 5.41) is 2.43. The number of carbonyl (C=O) groups excluding carboxylic acids is 1. The summed E-state index contributed by atoms with van der Waals surface area (Å²) in [4.78, 5) is 15.7. The van der Waals surface area contributed by atoms with Gasteiger partial charge in [0.15, 0.2) is 11.6 Å². The van der Waals surface area contributed by atoms with Crippen molar-refractivity contribution in [2.75, 3.05) is 11.0 Å². The largest absolute Gasteiger partial charge is 0.435 e. The Morgan fingerprint density at radius 1 is 1.13 bits per heavy atom. The zero-order valence-electron chi connectivity index (χ0n) is 19.4. The van der Waals surface area contributed by atoms with Crippen LogP contribution in [0.15, 0.2) is 54.6 Å². The second kappa shape index (κ2) is 11.3. The van der Waals surface area contributed by atoms with E-state index < -0.39 is 51.0 Å². The minimum atomic E-state index is -4.80. The fourth-order valence-electron chi connectivity index (χ4n) is 3.03. The number of rotatable bonds is 8. The van der Waals surface area contributed by atoms with Crippen molar-refractivity contribution in [3.63, 3.8) is 0 Å². The van der Waals surface area contributed by atoms with E-state index in [4.69, 9.17) is 11.2 Å². The van der Waals surface area contributed by atoms with Crippen LogP contribution in [0.4, 0.5) is 27.6 Å². The number of pyridine rings is 1. The fraction of sp³-hybridized carbons (Fsp3) is 0.120. The third-order valence-electron chi connectivity index (χ3n) is 4.70. The van der Waals surface area contributed by atoms with Gasteiger partial charge in [-0.1, -0.05) is 18.1 Å². The van der Waals surface area contributed by atoms with Crippen molar-refractivity contribution in [3.05, 3.63) is 88.6 Å². The summed E-state index contributed by atoms with van der Waals surface area (Å²) in [5.74, 6) is -1.35. The van der Waals surface area contributed by atoms with Crippen LogP contribution in [0.3, 0.4) is 0 Å². The minimum absolute atomic E-state index is 0.0618. The van der Waals surface area contributed by atoms with Gasteiger partial charge in [0, 0.05) is 18.2 Å². The number of carbonyl (C=O) groups is 1. The van der Waals surface area contributed by atoms with E-state index >= 15 is 0 Å². The van der Waals surface area contributed by atoms with Crippen LogP contribution in [0, 0.1) is 24.0 Å². The number of nitrogens with zero attached hydrogens (tertiary/aromatic N) is 1. The lowest BCUT2D eigenvalue weighted by atomic mass is 10.1. The van der Waals surface area contributed by atoms with E-state index in [9.17, 15) is 35.2 Å². The number of hydrogen-bond acceptors (Lipinski definition) is 5. The molecule has 3 rings (SSSR count). The number of benzene rings is 2. The predicted molar refractivity (Wildman–Crippen MR) is 129 cm³/mol. The maximum absolute atomic E-state index is 14.4. The van der Waals surface area contributed by atoms with Gasteiger partial charge in [0.05, 0.1) is 17.5 Å². The molecular weight excluding hydrogens is 533 g/mol. The smallest absolute Gasteiger partial charge is 0.433 e. The number of anilines is 1. The first kappa shape index (κ1) is 28.1. The normalized spacial score (nSPS) is 11.7. The third kappa shape index (κ3) is 7.53. The number of nitrogens with one attached hydrogen (secondary N) is 2. The number of aromatic nitrogens is 1. The van der Waals surface area contributed by atoms with Gasteiger partial charge in [-0.2, -0.15) is 13.2 Å². The van der Waals surface area contributed by atoms with Crippen molar-refractivity contribution < 1.29 is 39.9 Å². The van der Waals surface area contributed by atoms with Crippen LogP contribution in [-0.4, -0.2) is 25.6 Å². The highest BCUT2D eigenvalue weighted by Gasteiger charge is 2.33. The first-order valence-electron chi connectivity index (χ1n) is 10.5. The summed E-state index contributed by atoms with van der Waals surface area (Å²) in [7, 11) is -3.80. The lowest BCUT2D eigenvalue weighted by Gasteiger charge is -2.12. The second-order valence-corrected chi connectivity index (χ2v) is 9.44. The molecular formula is C25H18F5N3O4S.